The molecule has 5 heteroatoms. The molecule has 2 fully saturated rings. The van der Waals surface area contributed by atoms with E-state index in [4.69, 9.17) is 10.5 Å². The molecule has 2 aliphatic rings. The van der Waals surface area contributed by atoms with Crippen molar-refractivity contribution >= 4 is 5.91 Å². The van der Waals surface area contributed by atoms with Crippen LogP contribution in [-0.2, 0) is 9.53 Å². The molecule has 0 aromatic heterocycles. The number of carbonyl (C=O) groups is 1. The van der Waals surface area contributed by atoms with Crippen LogP contribution in [0.1, 0.15) is 32.1 Å². The Bertz CT molecular complexity index is 292. The molecule has 1 aliphatic carbocycles. The monoisotopic (exact) mass is 269 g/mol. The van der Waals surface area contributed by atoms with Gasteiger partial charge in [0, 0.05) is 32.8 Å². The van der Waals surface area contributed by atoms with Gasteiger partial charge in [-0.25, -0.2) is 0 Å². The normalized spacial score (nSPS) is 26.7. The van der Waals surface area contributed by atoms with Crippen LogP contribution in [0.2, 0.25) is 0 Å². The molecule has 1 heterocycles. The zero-order valence-electron chi connectivity index (χ0n) is 11.9. The van der Waals surface area contributed by atoms with E-state index >= 15 is 0 Å². The van der Waals surface area contributed by atoms with Gasteiger partial charge in [-0.05, 0) is 25.2 Å². The van der Waals surface area contributed by atoms with E-state index in [1.54, 1.807) is 7.11 Å². The minimum absolute atomic E-state index is 0.0884. The second-order valence-corrected chi connectivity index (χ2v) is 5.97. The molecular weight excluding hydrogens is 242 g/mol. The molecule has 0 aromatic rings. The summed E-state index contributed by atoms with van der Waals surface area (Å²) in [6, 6.07) is -0.286. The highest BCUT2D eigenvalue weighted by atomic mass is 16.5. The third kappa shape index (κ3) is 4.44. The van der Waals surface area contributed by atoms with Crippen LogP contribution in [0, 0.1) is 5.92 Å². The van der Waals surface area contributed by atoms with Crippen LogP contribution in [0.4, 0.5) is 0 Å². The lowest BCUT2D eigenvalue weighted by Gasteiger charge is -2.21. The number of methoxy groups -OCH3 is 1. The lowest BCUT2D eigenvalue weighted by atomic mass is 10.1. The van der Waals surface area contributed by atoms with E-state index in [1.165, 1.54) is 32.2 Å². The zero-order chi connectivity index (χ0) is 13.7. The summed E-state index contributed by atoms with van der Waals surface area (Å²) in [6.45, 7) is 3.56. The molecule has 2 rings (SSSR count). The van der Waals surface area contributed by atoms with Gasteiger partial charge in [0.25, 0.3) is 0 Å². The smallest absolute Gasteiger partial charge is 0.239 e. The van der Waals surface area contributed by atoms with Crippen molar-refractivity contribution in [2.45, 2.75) is 44.2 Å². The number of hydrogen-bond acceptors (Lipinski definition) is 4. The third-order valence-corrected chi connectivity index (χ3v) is 4.29. The topological polar surface area (TPSA) is 67.6 Å². The molecule has 2 atom stereocenters. The first-order valence-electron chi connectivity index (χ1n) is 7.46. The lowest BCUT2D eigenvalue weighted by molar-refractivity contribution is -0.124. The van der Waals surface area contributed by atoms with E-state index < -0.39 is 6.04 Å². The number of ether oxygens (including phenoxy) is 1. The average molecular weight is 269 g/mol. The van der Waals surface area contributed by atoms with Gasteiger partial charge in [0.05, 0.1) is 6.61 Å². The highest BCUT2D eigenvalue weighted by Crippen LogP contribution is 2.26. The van der Waals surface area contributed by atoms with Gasteiger partial charge >= 0.3 is 0 Å². The number of hydrogen-bond donors (Lipinski definition) is 2. The zero-order valence-corrected chi connectivity index (χ0v) is 11.9. The summed E-state index contributed by atoms with van der Waals surface area (Å²) >= 11 is 0. The molecule has 1 saturated heterocycles. The number of amides is 1. The summed E-state index contributed by atoms with van der Waals surface area (Å²) in [5, 5.41) is 3.03. The van der Waals surface area contributed by atoms with Crippen LogP contribution in [0.15, 0.2) is 0 Å². The first kappa shape index (κ1) is 14.8. The Morgan fingerprint density at radius 1 is 1.42 bits per heavy atom. The molecule has 110 valence electrons. The van der Waals surface area contributed by atoms with Crippen molar-refractivity contribution < 1.29 is 9.53 Å². The molecule has 1 saturated carbocycles. The maximum atomic E-state index is 11.8. The Morgan fingerprint density at radius 2 is 2.16 bits per heavy atom. The number of nitrogens with zero attached hydrogens (tertiary/aromatic N) is 1. The summed E-state index contributed by atoms with van der Waals surface area (Å²) in [4.78, 5) is 14.3. The molecular formula is C14H27N3O2. The average Bonchev–Trinajstić information content (AvgIpc) is 3.02. The third-order valence-electron chi connectivity index (χ3n) is 4.29. The highest BCUT2D eigenvalue weighted by molar-refractivity contribution is 5.81. The van der Waals surface area contributed by atoms with Crippen molar-refractivity contribution in [3.8, 4) is 0 Å². The maximum absolute atomic E-state index is 11.8. The van der Waals surface area contributed by atoms with Gasteiger partial charge in [-0.15, -0.1) is 0 Å². The molecule has 2 unspecified atom stereocenters. The van der Waals surface area contributed by atoms with Crippen LogP contribution in [-0.4, -0.2) is 56.2 Å². The molecule has 5 nitrogen and oxygen atoms in total. The van der Waals surface area contributed by atoms with Gasteiger partial charge in [0.2, 0.25) is 5.91 Å². The summed E-state index contributed by atoms with van der Waals surface area (Å²) in [7, 11) is 1.56. The van der Waals surface area contributed by atoms with E-state index in [0.717, 1.165) is 25.4 Å². The molecule has 0 radical (unpaired) electrons. The number of carbonyl (C=O) groups excluding carboxylic acids is 1. The van der Waals surface area contributed by atoms with Crippen molar-refractivity contribution in [3.63, 3.8) is 0 Å². The SMILES string of the molecule is COCC(N)C(=O)NC1CCN(CC2CCCC2)C1. The van der Waals surface area contributed by atoms with E-state index in [2.05, 4.69) is 10.2 Å². The minimum Gasteiger partial charge on any atom is -0.383 e. The van der Waals surface area contributed by atoms with Crippen molar-refractivity contribution in [2.24, 2.45) is 11.7 Å². The maximum Gasteiger partial charge on any atom is 0.239 e. The van der Waals surface area contributed by atoms with E-state index in [1.807, 2.05) is 0 Å². The van der Waals surface area contributed by atoms with Crippen molar-refractivity contribution in [1.82, 2.24) is 10.2 Å². The van der Waals surface area contributed by atoms with E-state index in [0.29, 0.717) is 0 Å². The fraction of sp³-hybridized carbons (Fsp3) is 0.929. The first-order valence-corrected chi connectivity index (χ1v) is 7.46. The number of nitrogens with two attached hydrogens (primary N) is 1. The fourth-order valence-corrected chi connectivity index (χ4v) is 3.24. The quantitative estimate of drug-likeness (QED) is 0.730. The standard InChI is InChI=1S/C14H27N3O2/c1-19-10-13(15)14(18)16-12-6-7-17(9-12)8-11-4-2-3-5-11/h11-13H,2-10,15H2,1H3,(H,16,18). The Morgan fingerprint density at radius 3 is 2.84 bits per heavy atom. The molecule has 0 spiro atoms. The summed E-state index contributed by atoms with van der Waals surface area (Å²) < 4.78 is 4.90. The van der Waals surface area contributed by atoms with Gasteiger partial charge in [-0.2, -0.15) is 0 Å². The van der Waals surface area contributed by atoms with Gasteiger partial charge < -0.3 is 20.7 Å². The lowest BCUT2D eigenvalue weighted by Crippen LogP contribution is -2.48. The van der Waals surface area contributed by atoms with Gasteiger partial charge in [0.1, 0.15) is 6.04 Å². The van der Waals surface area contributed by atoms with Gasteiger partial charge in [0.15, 0.2) is 0 Å². The molecule has 19 heavy (non-hydrogen) atoms. The molecule has 3 N–H and O–H groups in total. The van der Waals surface area contributed by atoms with Crippen molar-refractivity contribution in [1.29, 1.82) is 0 Å². The Kier molecular flexibility index (Phi) is 5.60. The van der Waals surface area contributed by atoms with Crippen LogP contribution in [0.25, 0.3) is 0 Å². The molecule has 0 aromatic carbocycles. The van der Waals surface area contributed by atoms with E-state index in [9.17, 15) is 4.79 Å². The highest BCUT2D eigenvalue weighted by Gasteiger charge is 2.27. The van der Waals surface area contributed by atoms with Crippen LogP contribution in [0.5, 0.6) is 0 Å². The largest absolute Gasteiger partial charge is 0.383 e. The summed E-state index contributed by atoms with van der Waals surface area (Å²) in [5.41, 5.74) is 5.72. The van der Waals surface area contributed by atoms with Crippen LogP contribution >= 0.6 is 0 Å². The second kappa shape index (κ2) is 7.22. The number of likely N-dealkylation sites (tertiary alicyclic amines) is 1. The van der Waals surface area contributed by atoms with Gasteiger partial charge in [-0.1, -0.05) is 12.8 Å². The number of rotatable bonds is 6. The minimum atomic E-state index is -0.547. The van der Waals surface area contributed by atoms with Crippen molar-refractivity contribution in [3.05, 3.63) is 0 Å². The second-order valence-electron chi connectivity index (χ2n) is 5.97. The number of nitrogens with one attached hydrogen (secondary N) is 1. The summed E-state index contributed by atoms with van der Waals surface area (Å²) in [6.07, 6.45) is 6.59. The van der Waals surface area contributed by atoms with Crippen molar-refractivity contribution in [2.75, 3.05) is 33.4 Å². The van der Waals surface area contributed by atoms with E-state index in [-0.39, 0.29) is 18.6 Å². The Labute approximate surface area is 115 Å². The molecule has 1 aliphatic heterocycles. The molecule has 1 amide bonds. The predicted molar refractivity (Wildman–Crippen MR) is 74.8 cm³/mol. The first-order chi connectivity index (χ1) is 9.19. The Hall–Kier alpha value is -0.650. The summed E-state index contributed by atoms with van der Waals surface area (Å²) in [5.74, 6) is 0.791. The Balaban J connectivity index is 1.68. The predicted octanol–water partition coefficient (Wildman–Crippen LogP) is 0.341. The molecule has 0 bridgehead atoms. The van der Waals surface area contributed by atoms with Crippen LogP contribution in [0.3, 0.4) is 0 Å². The van der Waals surface area contributed by atoms with Crippen LogP contribution < -0.4 is 11.1 Å². The fourth-order valence-electron chi connectivity index (χ4n) is 3.24. The van der Waals surface area contributed by atoms with Gasteiger partial charge in [-0.3, -0.25) is 4.79 Å².